The molecule has 0 N–H and O–H groups in total. The molecule has 0 radical (unpaired) electrons. The van der Waals surface area contributed by atoms with E-state index in [-0.39, 0.29) is 11.7 Å². The van der Waals surface area contributed by atoms with E-state index in [1.54, 1.807) is 24.3 Å². The molecule has 5 nitrogen and oxygen atoms in total. The topological polar surface area (TPSA) is 63.7 Å². The maximum Gasteiger partial charge on any atom is 0.306 e. The molecule has 136 valence electrons. The van der Waals surface area contributed by atoms with Gasteiger partial charge < -0.3 is 9.08 Å². The van der Waals surface area contributed by atoms with Crippen molar-refractivity contribution < 1.29 is 17.4 Å². The molecule has 1 aromatic rings. The van der Waals surface area contributed by atoms with E-state index in [2.05, 4.69) is 13.8 Å². The molecular weight excluding hydrogens is 326 g/mol. The first kappa shape index (κ1) is 20.5. The molecule has 0 bridgehead atoms. The summed E-state index contributed by atoms with van der Waals surface area (Å²) >= 11 is 0. The molecule has 0 aliphatic rings. The third-order valence-electron chi connectivity index (χ3n) is 3.46. The van der Waals surface area contributed by atoms with Crippen LogP contribution in [0.5, 0.6) is 5.75 Å². The Morgan fingerprint density at radius 1 is 1.08 bits per heavy atom. The van der Waals surface area contributed by atoms with Crippen molar-refractivity contribution in [3.8, 4) is 5.75 Å². The fraction of sp³-hybridized carbons (Fsp3) is 0.611. The van der Waals surface area contributed by atoms with E-state index in [9.17, 15) is 13.2 Å². The molecular formula is C18H29NO4S. The molecule has 6 heteroatoms. The maximum absolute atomic E-state index is 12.4. The van der Waals surface area contributed by atoms with E-state index < -0.39 is 10.1 Å². The highest BCUT2D eigenvalue weighted by Gasteiger charge is 2.16. The molecule has 0 aliphatic carbocycles. The van der Waals surface area contributed by atoms with Crippen molar-refractivity contribution in [2.45, 2.75) is 47.1 Å². The van der Waals surface area contributed by atoms with Gasteiger partial charge in [-0.2, -0.15) is 8.42 Å². The van der Waals surface area contributed by atoms with Crippen molar-refractivity contribution in [1.29, 1.82) is 0 Å². The van der Waals surface area contributed by atoms with Crippen molar-refractivity contribution >= 4 is 16.0 Å². The minimum absolute atomic E-state index is 0.155. The lowest BCUT2D eigenvalue weighted by Gasteiger charge is -2.25. The molecule has 0 unspecified atom stereocenters. The first-order valence-electron chi connectivity index (χ1n) is 8.33. The van der Waals surface area contributed by atoms with Gasteiger partial charge in [0, 0.05) is 19.5 Å². The summed E-state index contributed by atoms with van der Waals surface area (Å²) in [5.74, 6) is 1.29. The van der Waals surface area contributed by atoms with Crippen LogP contribution in [-0.4, -0.2) is 32.0 Å². The molecule has 0 saturated heterocycles. The highest BCUT2D eigenvalue weighted by atomic mass is 32.2. The second-order valence-electron chi connectivity index (χ2n) is 7.03. The van der Waals surface area contributed by atoms with Gasteiger partial charge in [-0.3, -0.25) is 4.79 Å². The number of nitrogens with zero attached hydrogens (tertiary/aromatic N) is 1. The van der Waals surface area contributed by atoms with Crippen molar-refractivity contribution in [3.05, 3.63) is 29.8 Å². The molecule has 1 rings (SSSR count). The van der Waals surface area contributed by atoms with Crippen LogP contribution in [0, 0.1) is 11.8 Å². The lowest BCUT2D eigenvalue weighted by molar-refractivity contribution is -0.132. The van der Waals surface area contributed by atoms with Gasteiger partial charge in [0.05, 0.1) is 6.26 Å². The number of carbonyl (C=O) groups is 1. The van der Waals surface area contributed by atoms with Gasteiger partial charge in [0.25, 0.3) is 0 Å². The Hall–Kier alpha value is -1.56. The van der Waals surface area contributed by atoms with Gasteiger partial charge in [-0.1, -0.05) is 39.8 Å². The van der Waals surface area contributed by atoms with E-state index in [0.29, 0.717) is 24.8 Å². The second-order valence-corrected chi connectivity index (χ2v) is 8.60. The van der Waals surface area contributed by atoms with Crippen LogP contribution in [-0.2, 0) is 21.5 Å². The molecule has 0 atom stereocenters. The molecule has 0 aliphatic heterocycles. The van der Waals surface area contributed by atoms with Gasteiger partial charge in [0.2, 0.25) is 5.91 Å². The van der Waals surface area contributed by atoms with E-state index in [1.165, 1.54) is 0 Å². The Morgan fingerprint density at radius 3 is 2.12 bits per heavy atom. The minimum atomic E-state index is -3.52. The van der Waals surface area contributed by atoms with E-state index >= 15 is 0 Å². The standard InChI is InChI=1S/C18H29NO4S/c1-14(2)10-11-19(18(20)12-15(3)4)13-16-6-8-17(9-7-16)23-24(5,21)22/h6-9,14-15H,10-13H2,1-5H3. The number of amides is 1. The highest BCUT2D eigenvalue weighted by molar-refractivity contribution is 7.86. The van der Waals surface area contributed by atoms with Crippen LogP contribution >= 0.6 is 0 Å². The number of rotatable bonds is 9. The molecule has 0 aromatic heterocycles. The van der Waals surface area contributed by atoms with E-state index in [1.807, 2.05) is 18.7 Å². The number of hydrogen-bond acceptors (Lipinski definition) is 4. The van der Waals surface area contributed by atoms with Crippen LogP contribution in [0.4, 0.5) is 0 Å². The first-order chi connectivity index (χ1) is 11.1. The van der Waals surface area contributed by atoms with Crippen molar-refractivity contribution in [2.24, 2.45) is 11.8 Å². The summed E-state index contributed by atoms with van der Waals surface area (Å²) in [7, 11) is -3.52. The van der Waals surface area contributed by atoms with Crippen LogP contribution in [0.3, 0.4) is 0 Å². The van der Waals surface area contributed by atoms with Gasteiger partial charge in [0.1, 0.15) is 5.75 Å². The monoisotopic (exact) mass is 355 g/mol. The Morgan fingerprint density at radius 2 is 1.67 bits per heavy atom. The Bertz CT molecular complexity index is 621. The van der Waals surface area contributed by atoms with Crippen LogP contribution < -0.4 is 4.18 Å². The summed E-state index contributed by atoms with van der Waals surface area (Å²) in [6, 6.07) is 6.82. The van der Waals surface area contributed by atoms with Gasteiger partial charge >= 0.3 is 10.1 Å². The third-order valence-corrected chi connectivity index (χ3v) is 3.95. The van der Waals surface area contributed by atoms with Crippen LogP contribution in [0.2, 0.25) is 0 Å². The predicted octanol–water partition coefficient (Wildman–Crippen LogP) is 3.45. The summed E-state index contributed by atoms with van der Waals surface area (Å²) in [6.45, 7) is 9.61. The third kappa shape index (κ3) is 8.34. The fourth-order valence-corrected chi connectivity index (χ4v) is 2.69. The maximum atomic E-state index is 12.4. The quantitative estimate of drug-likeness (QED) is 0.637. The van der Waals surface area contributed by atoms with Gasteiger partial charge in [-0.15, -0.1) is 0 Å². The number of carbonyl (C=O) groups excluding carboxylic acids is 1. The summed E-state index contributed by atoms with van der Waals surface area (Å²) in [5, 5.41) is 0. The van der Waals surface area contributed by atoms with Gasteiger partial charge in [-0.05, 0) is 36.0 Å². The Kier molecular flexibility index (Phi) is 7.73. The fourth-order valence-electron chi connectivity index (χ4n) is 2.23. The molecule has 0 spiro atoms. The molecule has 1 aromatic carbocycles. The lowest BCUT2D eigenvalue weighted by Crippen LogP contribution is -2.32. The van der Waals surface area contributed by atoms with Crippen LogP contribution in [0.1, 0.15) is 46.1 Å². The number of benzene rings is 1. The zero-order chi connectivity index (χ0) is 18.3. The average Bonchev–Trinajstić information content (AvgIpc) is 2.42. The summed E-state index contributed by atoms with van der Waals surface area (Å²) < 4.78 is 27.1. The number of hydrogen-bond donors (Lipinski definition) is 0. The zero-order valence-corrected chi connectivity index (χ0v) is 16.1. The van der Waals surface area contributed by atoms with Gasteiger partial charge in [0.15, 0.2) is 0 Å². The van der Waals surface area contributed by atoms with Gasteiger partial charge in [-0.25, -0.2) is 0 Å². The normalized spacial score (nSPS) is 11.8. The zero-order valence-electron chi connectivity index (χ0n) is 15.3. The highest BCUT2D eigenvalue weighted by Crippen LogP contribution is 2.17. The van der Waals surface area contributed by atoms with Crippen molar-refractivity contribution in [2.75, 3.05) is 12.8 Å². The smallest absolute Gasteiger partial charge is 0.306 e. The summed E-state index contributed by atoms with van der Waals surface area (Å²) in [4.78, 5) is 14.3. The molecule has 0 saturated carbocycles. The van der Waals surface area contributed by atoms with Crippen molar-refractivity contribution in [3.63, 3.8) is 0 Å². The molecule has 0 heterocycles. The Labute approximate surface area is 146 Å². The second kappa shape index (κ2) is 9.06. The summed E-state index contributed by atoms with van der Waals surface area (Å²) in [6.07, 6.45) is 2.51. The largest absolute Gasteiger partial charge is 0.383 e. The van der Waals surface area contributed by atoms with Crippen molar-refractivity contribution in [1.82, 2.24) is 4.90 Å². The average molecular weight is 356 g/mol. The van der Waals surface area contributed by atoms with Crippen LogP contribution in [0.15, 0.2) is 24.3 Å². The van der Waals surface area contributed by atoms with E-state index in [4.69, 9.17) is 4.18 Å². The predicted molar refractivity (Wildman–Crippen MR) is 96.2 cm³/mol. The molecule has 24 heavy (non-hydrogen) atoms. The SMILES string of the molecule is CC(C)CCN(Cc1ccc(OS(C)(=O)=O)cc1)C(=O)CC(C)C. The first-order valence-corrected chi connectivity index (χ1v) is 10.1. The molecule has 1 amide bonds. The molecule has 0 fully saturated rings. The van der Waals surface area contributed by atoms with E-state index in [0.717, 1.165) is 24.8 Å². The lowest BCUT2D eigenvalue weighted by atomic mass is 10.1. The van der Waals surface area contributed by atoms with Crippen LogP contribution in [0.25, 0.3) is 0 Å². The Balaban J connectivity index is 2.79. The summed E-state index contributed by atoms with van der Waals surface area (Å²) in [5.41, 5.74) is 0.955. The minimum Gasteiger partial charge on any atom is -0.383 e.